The number of ether oxygens (including phenoxy) is 1. The summed E-state index contributed by atoms with van der Waals surface area (Å²) >= 11 is 0. The zero-order valence-electron chi connectivity index (χ0n) is 12.5. The zero-order valence-corrected chi connectivity index (χ0v) is 13.3. The number of hydrogen-bond donors (Lipinski definition) is 1. The first-order valence-electron chi connectivity index (χ1n) is 6.56. The van der Waals surface area contributed by atoms with Crippen LogP contribution in [0, 0.1) is 6.92 Å². The van der Waals surface area contributed by atoms with Gasteiger partial charge >= 0.3 is 0 Å². The third-order valence-corrected chi connectivity index (χ3v) is 4.51. The quantitative estimate of drug-likeness (QED) is 0.794. The largest absolute Gasteiger partial charge is 0.383 e. The van der Waals surface area contributed by atoms with Crippen LogP contribution in [0.1, 0.15) is 32.0 Å². The highest BCUT2D eigenvalue weighted by molar-refractivity contribution is 7.84. The van der Waals surface area contributed by atoms with E-state index in [0.29, 0.717) is 6.61 Å². The van der Waals surface area contributed by atoms with Gasteiger partial charge in [-0.1, -0.05) is 6.92 Å². The molecule has 6 heteroatoms. The molecule has 0 fully saturated rings. The van der Waals surface area contributed by atoms with Crippen LogP contribution >= 0.6 is 0 Å². The molecule has 1 N–H and O–H groups in total. The average Bonchev–Trinajstić information content (AvgIpc) is 2.70. The Morgan fingerprint density at radius 3 is 2.79 bits per heavy atom. The number of imidazole rings is 1. The van der Waals surface area contributed by atoms with E-state index in [4.69, 9.17) is 4.74 Å². The first kappa shape index (κ1) is 16.2. The second kappa shape index (κ2) is 7.65. The fourth-order valence-corrected chi connectivity index (χ4v) is 2.31. The van der Waals surface area contributed by atoms with Crippen LogP contribution in [0.25, 0.3) is 0 Å². The van der Waals surface area contributed by atoms with Crippen LogP contribution in [-0.2, 0) is 15.5 Å². The van der Waals surface area contributed by atoms with Crippen LogP contribution in [0.4, 0.5) is 5.95 Å². The van der Waals surface area contributed by atoms with Crippen LogP contribution < -0.4 is 5.32 Å². The molecule has 0 aliphatic rings. The highest BCUT2D eigenvalue weighted by Gasteiger charge is 2.12. The van der Waals surface area contributed by atoms with Crippen molar-refractivity contribution >= 4 is 16.7 Å². The van der Waals surface area contributed by atoms with Gasteiger partial charge in [-0.05, 0) is 20.3 Å². The number of aromatic nitrogens is 2. The van der Waals surface area contributed by atoms with E-state index in [-0.39, 0.29) is 11.3 Å². The molecule has 0 radical (unpaired) electrons. The van der Waals surface area contributed by atoms with Gasteiger partial charge in [0.2, 0.25) is 5.95 Å². The van der Waals surface area contributed by atoms with Crippen molar-refractivity contribution in [2.75, 3.05) is 31.8 Å². The SMILES string of the molecule is COCC(C)n1cc(C)nc1NCCC(C)S(C)=O. The number of nitrogens with zero attached hydrogens (tertiary/aromatic N) is 2. The molecule has 110 valence electrons. The zero-order chi connectivity index (χ0) is 14.4. The monoisotopic (exact) mass is 287 g/mol. The van der Waals surface area contributed by atoms with Crippen LogP contribution in [0.5, 0.6) is 0 Å². The Morgan fingerprint density at radius 2 is 2.21 bits per heavy atom. The molecule has 0 bridgehead atoms. The Balaban J connectivity index is 2.60. The third kappa shape index (κ3) is 4.95. The number of rotatable bonds is 8. The Labute approximate surface area is 118 Å². The van der Waals surface area contributed by atoms with Crippen LogP contribution in [0.3, 0.4) is 0 Å². The van der Waals surface area contributed by atoms with Crippen LogP contribution in [0.2, 0.25) is 0 Å². The van der Waals surface area contributed by atoms with Crippen molar-refractivity contribution < 1.29 is 8.95 Å². The predicted molar refractivity (Wildman–Crippen MR) is 80.2 cm³/mol. The lowest BCUT2D eigenvalue weighted by molar-refractivity contribution is 0.163. The van der Waals surface area contributed by atoms with E-state index in [1.807, 2.05) is 20.0 Å². The van der Waals surface area contributed by atoms with Crippen molar-refractivity contribution in [3.63, 3.8) is 0 Å². The van der Waals surface area contributed by atoms with Crippen molar-refractivity contribution in [1.29, 1.82) is 0 Å². The van der Waals surface area contributed by atoms with E-state index in [1.165, 1.54) is 0 Å². The van der Waals surface area contributed by atoms with Crippen molar-refractivity contribution in [2.24, 2.45) is 0 Å². The Bertz CT molecular complexity index is 420. The van der Waals surface area contributed by atoms with Gasteiger partial charge in [0, 0.05) is 42.2 Å². The van der Waals surface area contributed by atoms with Crippen molar-refractivity contribution in [3.05, 3.63) is 11.9 Å². The lowest BCUT2D eigenvalue weighted by atomic mass is 10.3. The van der Waals surface area contributed by atoms with Gasteiger partial charge < -0.3 is 14.6 Å². The molecule has 1 aromatic heterocycles. The summed E-state index contributed by atoms with van der Waals surface area (Å²) in [5.74, 6) is 0.858. The first-order chi connectivity index (χ1) is 8.95. The molecule has 1 heterocycles. The van der Waals surface area contributed by atoms with E-state index in [2.05, 4.69) is 21.8 Å². The van der Waals surface area contributed by atoms with Gasteiger partial charge in [0.05, 0.1) is 18.3 Å². The summed E-state index contributed by atoms with van der Waals surface area (Å²) < 4.78 is 18.6. The molecule has 5 nitrogen and oxygen atoms in total. The second-order valence-corrected chi connectivity index (χ2v) is 6.74. The van der Waals surface area contributed by atoms with Crippen LogP contribution in [0.15, 0.2) is 6.20 Å². The normalized spacial score (nSPS) is 16.1. The van der Waals surface area contributed by atoms with E-state index in [0.717, 1.165) is 24.6 Å². The van der Waals surface area contributed by atoms with E-state index in [1.54, 1.807) is 13.4 Å². The molecular formula is C13H25N3O2S. The maximum Gasteiger partial charge on any atom is 0.203 e. The van der Waals surface area contributed by atoms with Crippen molar-refractivity contribution in [3.8, 4) is 0 Å². The van der Waals surface area contributed by atoms with E-state index >= 15 is 0 Å². The molecule has 1 aromatic rings. The van der Waals surface area contributed by atoms with Crippen molar-refractivity contribution in [1.82, 2.24) is 9.55 Å². The maximum atomic E-state index is 11.3. The third-order valence-electron chi connectivity index (χ3n) is 3.14. The molecule has 0 aliphatic carbocycles. The summed E-state index contributed by atoms with van der Waals surface area (Å²) in [5, 5.41) is 3.52. The minimum atomic E-state index is -0.767. The van der Waals surface area contributed by atoms with Gasteiger partial charge in [-0.15, -0.1) is 0 Å². The summed E-state index contributed by atoms with van der Waals surface area (Å²) in [6.45, 7) is 7.50. The van der Waals surface area contributed by atoms with Gasteiger partial charge in [0.15, 0.2) is 0 Å². The minimum absolute atomic E-state index is 0.202. The number of hydrogen-bond acceptors (Lipinski definition) is 4. The smallest absolute Gasteiger partial charge is 0.203 e. The lowest BCUT2D eigenvalue weighted by Crippen LogP contribution is -2.18. The summed E-state index contributed by atoms with van der Waals surface area (Å²) in [5.41, 5.74) is 0.984. The van der Waals surface area contributed by atoms with Crippen molar-refractivity contribution in [2.45, 2.75) is 38.5 Å². The molecule has 0 saturated heterocycles. The molecule has 3 unspecified atom stereocenters. The standard InChI is InChI=1S/C13H25N3O2S/c1-10-8-16(11(2)9-18-4)13(15-10)14-7-6-12(3)19(5)17/h8,11-12H,6-7,9H2,1-5H3,(H,14,15). The second-order valence-electron chi connectivity index (χ2n) is 4.94. The van der Waals surface area contributed by atoms with Gasteiger partial charge in [-0.2, -0.15) is 0 Å². The Morgan fingerprint density at radius 1 is 1.53 bits per heavy atom. The number of nitrogens with one attached hydrogen (secondary N) is 1. The fourth-order valence-electron chi connectivity index (χ4n) is 1.86. The molecule has 0 saturated carbocycles. The highest BCUT2D eigenvalue weighted by Crippen LogP contribution is 2.16. The van der Waals surface area contributed by atoms with Gasteiger partial charge in [-0.25, -0.2) is 4.98 Å². The van der Waals surface area contributed by atoms with Gasteiger partial charge in [-0.3, -0.25) is 4.21 Å². The number of methoxy groups -OCH3 is 1. The summed E-state index contributed by atoms with van der Waals surface area (Å²) in [4.78, 5) is 4.48. The van der Waals surface area contributed by atoms with Crippen LogP contribution in [-0.4, -0.2) is 45.5 Å². The Kier molecular flexibility index (Phi) is 6.51. The molecule has 3 atom stereocenters. The first-order valence-corrected chi connectivity index (χ1v) is 8.18. The number of anilines is 1. The molecular weight excluding hydrogens is 262 g/mol. The summed E-state index contributed by atoms with van der Waals surface area (Å²) in [6, 6.07) is 0.242. The van der Waals surface area contributed by atoms with Gasteiger partial charge in [0.25, 0.3) is 0 Å². The fraction of sp³-hybridized carbons (Fsp3) is 0.769. The average molecular weight is 287 g/mol. The summed E-state index contributed by atoms with van der Waals surface area (Å²) in [7, 11) is 0.933. The molecule has 0 amide bonds. The van der Waals surface area contributed by atoms with E-state index < -0.39 is 10.8 Å². The molecule has 1 rings (SSSR count). The summed E-state index contributed by atoms with van der Waals surface area (Å²) in [6.07, 6.45) is 4.64. The maximum absolute atomic E-state index is 11.3. The number of aryl methyl sites for hydroxylation is 1. The molecule has 0 aromatic carbocycles. The molecule has 0 spiro atoms. The lowest BCUT2D eigenvalue weighted by Gasteiger charge is -2.16. The highest BCUT2D eigenvalue weighted by atomic mass is 32.2. The van der Waals surface area contributed by atoms with Gasteiger partial charge in [0.1, 0.15) is 0 Å². The minimum Gasteiger partial charge on any atom is -0.383 e. The topological polar surface area (TPSA) is 56.1 Å². The Hall–Kier alpha value is -0.880. The predicted octanol–water partition coefficient (Wildman–Crippen LogP) is 1.97. The molecule has 0 aliphatic heterocycles. The van der Waals surface area contributed by atoms with E-state index in [9.17, 15) is 4.21 Å². The molecule has 19 heavy (non-hydrogen) atoms.